The molecule has 0 aromatic carbocycles. The Bertz CT molecular complexity index is 481. The van der Waals surface area contributed by atoms with E-state index in [0.717, 1.165) is 24.2 Å². The second-order valence-corrected chi connectivity index (χ2v) is 4.27. The lowest BCUT2D eigenvalue weighted by atomic mass is 10.1. The monoisotopic (exact) mass is 250 g/mol. The molecule has 17 heavy (non-hydrogen) atoms. The van der Waals surface area contributed by atoms with E-state index in [1.807, 2.05) is 16.8 Å². The third-order valence-electron chi connectivity index (χ3n) is 2.63. The van der Waals surface area contributed by atoms with Crippen molar-refractivity contribution < 1.29 is 0 Å². The number of halogens is 1. The molecule has 0 radical (unpaired) electrons. The van der Waals surface area contributed by atoms with Gasteiger partial charge in [0.25, 0.3) is 0 Å². The first kappa shape index (κ1) is 12.1. The van der Waals surface area contributed by atoms with Crippen molar-refractivity contribution in [3.8, 4) is 0 Å². The van der Waals surface area contributed by atoms with Gasteiger partial charge in [0, 0.05) is 18.9 Å². The average molecular weight is 251 g/mol. The first-order valence-electron chi connectivity index (χ1n) is 5.60. The highest BCUT2D eigenvalue weighted by atomic mass is 35.5. The molecular weight excluding hydrogens is 236 g/mol. The number of aromatic nitrogens is 3. The quantitative estimate of drug-likeness (QED) is 0.907. The van der Waals surface area contributed by atoms with Crippen molar-refractivity contribution in [3.63, 3.8) is 0 Å². The van der Waals surface area contributed by atoms with Crippen LogP contribution in [-0.4, -0.2) is 14.8 Å². The summed E-state index contributed by atoms with van der Waals surface area (Å²) in [7, 11) is 0. The summed E-state index contributed by atoms with van der Waals surface area (Å²) in [5.41, 5.74) is 8.07. The van der Waals surface area contributed by atoms with E-state index in [1.165, 1.54) is 0 Å². The molecule has 1 atom stereocenters. The number of rotatable bonds is 4. The summed E-state index contributed by atoms with van der Waals surface area (Å²) in [4.78, 5) is 3.98. The molecule has 0 aliphatic carbocycles. The third kappa shape index (κ3) is 2.48. The van der Waals surface area contributed by atoms with Crippen LogP contribution >= 0.6 is 11.6 Å². The molecule has 0 aliphatic rings. The lowest BCUT2D eigenvalue weighted by Crippen LogP contribution is -2.18. The minimum atomic E-state index is -0.264. The fourth-order valence-corrected chi connectivity index (χ4v) is 2.06. The highest BCUT2D eigenvalue weighted by molar-refractivity contribution is 6.31. The smallest absolute Gasteiger partial charge is 0.0837 e. The van der Waals surface area contributed by atoms with Gasteiger partial charge in [0.2, 0.25) is 0 Å². The Kier molecular flexibility index (Phi) is 3.76. The van der Waals surface area contributed by atoms with E-state index in [1.54, 1.807) is 18.6 Å². The fraction of sp³-hybridized carbons (Fsp3) is 0.333. The minimum absolute atomic E-state index is 0.264. The zero-order chi connectivity index (χ0) is 12.3. The Hall–Kier alpha value is -1.39. The number of pyridine rings is 1. The van der Waals surface area contributed by atoms with Gasteiger partial charge in [-0.05, 0) is 24.1 Å². The zero-order valence-electron chi connectivity index (χ0n) is 9.68. The Morgan fingerprint density at radius 2 is 2.12 bits per heavy atom. The van der Waals surface area contributed by atoms with Crippen LogP contribution in [0.25, 0.3) is 0 Å². The fourth-order valence-electron chi connectivity index (χ4n) is 1.80. The first-order chi connectivity index (χ1) is 8.24. The van der Waals surface area contributed by atoms with Gasteiger partial charge in [0.15, 0.2) is 0 Å². The van der Waals surface area contributed by atoms with Crippen LogP contribution in [0.1, 0.15) is 30.6 Å². The van der Waals surface area contributed by atoms with Crippen LogP contribution in [0.15, 0.2) is 30.7 Å². The second kappa shape index (κ2) is 5.29. The van der Waals surface area contributed by atoms with Gasteiger partial charge in [0.05, 0.1) is 23.0 Å². The number of nitrogens with zero attached hydrogens (tertiary/aromatic N) is 3. The van der Waals surface area contributed by atoms with Crippen molar-refractivity contribution in [1.82, 2.24) is 14.8 Å². The third-order valence-corrected chi connectivity index (χ3v) is 2.92. The molecule has 5 heteroatoms. The summed E-state index contributed by atoms with van der Waals surface area (Å²) >= 11 is 6.15. The van der Waals surface area contributed by atoms with Gasteiger partial charge in [-0.2, -0.15) is 5.10 Å². The standard InChI is InChI=1S/C12H15ClN4/c1-2-7-17-12(10(13)8-16-17)11(14)9-3-5-15-6-4-9/h3-6,8,11H,2,7,14H2,1H3. The van der Waals surface area contributed by atoms with Crippen LogP contribution in [0.3, 0.4) is 0 Å². The second-order valence-electron chi connectivity index (χ2n) is 3.86. The van der Waals surface area contributed by atoms with Crippen LogP contribution in [0.5, 0.6) is 0 Å². The molecule has 1 unspecified atom stereocenters. The highest BCUT2D eigenvalue weighted by Gasteiger charge is 2.17. The molecule has 0 spiro atoms. The van der Waals surface area contributed by atoms with Gasteiger partial charge in [0.1, 0.15) is 0 Å². The summed E-state index contributed by atoms with van der Waals surface area (Å²) in [5.74, 6) is 0. The summed E-state index contributed by atoms with van der Waals surface area (Å²) in [5, 5.41) is 4.85. The molecule has 2 heterocycles. The van der Waals surface area contributed by atoms with E-state index in [2.05, 4.69) is 17.0 Å². The highest BCUT2D eigenvalue weighted by Crippen LogP contribution is 2.26. The molecule has 90 valence electrons. The van der Waals surface area contributed by atoms with E-state index in [0.29, 0.717) is 5.02 Å². The molecule has 2 N–H and O–H groups in total. The SMILES string of the molecule is CCCn1ncc(Cl)c1C(N)c1ccncc1. The first-order valence-corrected chi connectivity index (χ1v) is 5.98. The largest absolute Gasteiger partial charge is 0.319 e. The Morgan fingerprint density at radius 1 is 1.41 bits per heavy atom. The molecule has 0 amide bonds. The van der Waals surface area contributed by atoms with Gasteiger partial charge >= 0.3 is 0 Å². The van der Waals surface area contributed by atoms with Crippen LogP contribution < -0.4 is 5.73 Å². The average Bonchev–Trinajstić information content (AvgIpc) is 2.71. The normalized spacial score (nSPS) is 12.6. The maximum atomic E-state index is 6.22. The molecule has 4 nitrogen and oxygen atoms in total. The van der Waals surface area contributed by atoms with Crippen LogP contribution in [0.2, 0.25) is 5.02 Å². The van der Waals surface area contributed by atoms with E-state index < -0.39 is 0 Å². The predicted molar refractivity (Wildman–Crippen MR) is 67.8 cm³/mol. The number of nitrogens with two attached hydrogens (primary N) is 1. The lowest BCUT2D eigenvalue weighted by Gasteiger charge is -2.14. The molecular formula is C12H15ClN4. The molecule has 2 aromatic heterocycles. The minimum Gasteiger partial charge on any atom is -0.319 e. The molecule has 0 fully saturated rings. The summed E-state index contributed by atoms with van der Waals surface area (Å²) < 4.78 is 1.87. The van der Waals surface area contributed by atoms with Gasteiger partial charge in [-0.1, -0.05) is 18.5 Å². The Labute approximate surface area is 105 Å². The van der Waals surface area contributed by atoms with Crippen LogP contribution in [0.4, 0.5) is 0 Å². The van der Waals surface area contributed by atoms with Gasteiger partial charge < -0.3 is 5.73 Å². The number of hydrogen-bond donors (Lipinski definition) is 1. The zero-order valence-corrected chi connectivity index (χ0v) is 10.4. The lowest BCUT2D eigenvalue weighted by molar-refractivity contribution is 0.559. The van der Waals surface area contributed by atoms with Crippen molar-refractivity contribution in [1.29, 1.82) is 0 Å². The molecule has 0 bridgehead atoms. The van der Waals surface area contributed by atoms with Crippen molar-refractivity contribution in [2.45, 2.75) is 25.9 Å². The van der Waals surface area contributed by atoms with Gasteiger partial charge in [-0.25, -0.2) is 0 Å². The number of aryl methyl sites for hydroxylation is 1. The van der Waals surface area contributed by atoms with Crippen molar-refractivity contribution >= 4 is 11.6 Å². The summed E-state index contributed by atoms with van der Waals surface area (Å²) in [6, 6.07) is 3.52. The van der Waals surface area contributed by atoms with E-state index >= 15 is 0 Å². The Morgan fingerprint density at radius 3 is 2.76 bits per heavy atom. The predicted octanol–water partition coefficient (Wildman–Crippen LogP) is 2.39. The maximum Gasteiger partial charge on any atom is 0.0837 e. The Balaban J connectivity index is 2.36. The summed E-state index contributed by atoms with van der Waals surface area (Å²) in [6.45, 7) is 2.91. The van der Waals surface area contributed by atoms with E-state index in [4.69, 9.17) is 17.3 Å². The van der Waals surface area contributed by atoms with Crippen molar-refractivity contribution in [2.24, 2.45) is 5.73 Å². The molecule has 0 saturated heterocycles. The topological polar surface area (TPSA) is 56.7 Å². The van der Waals surface area contributed by atoms with Crippen molar-refractivity contribution in [3.05, 3.63) is 47.0 Å². The molecule has 2 aromatic rings. The molecule has 0 aliphatic heterocycles. The van der Waals surface area contributed by atoms with E-state index in [-0.39, 0.29) is 6.04 Å². The van der Waals surface area contributed by atoms with Crippen LogP contribution in [-0.2, 0) is 6.54 Å². The molecule has 2 rings (SSSR count). The van der Waals surface area contributed by atoms with Crippen LogP contribution in [0, 0.1) is 0 Å². The maximum absolute atomic E-state index is 6.22. The molecule has 0 saturated carbocycles. The van der Waals surface area contributed by atoms with Gasteiger partial charge in [-0.3, -0.25) is 9.67 Å². The summed E-state index contributed by atoms with van der Waals surface area (Å²) in [6.07, 6.45) is 6.09. The van der Waals surface area contributed by atoms with E-state index in [9.17, 15) is 0 Å². The van der Waals surface area contributed by atoms with Crippen molar-refractivity contribution in [2.75, 3.05) is 0 Å². The van der Waals surface area contributed by atoms with Gasteiger partial charge in [-0.15, -0.1) is 0 Å². The number of hydrogen-bond acceptors (Lipinski definition) is 3.